The summed E-state index contributed by atoms with van der Waals surface area (Å²) in [5.74, 6) is -0.00620. The van der Waals surface area contributed by atoms with Crippen LogP contribution in [0.2, 0.25) is 0 Å². The Balaban J connectivity index is 2.02. The van der Waals surface area contributed by atoms with Crippen LogP contribution in [0.15, 0.2) is 30.0 Å². The molecule has 0 saturated carbocycles. The Kier molecular flexibility index (Phi) is 2.82. The van der Waals surface area contributed by atoms with Gasteiger partial charge in [0.25, 0.3) is 0 Å². The average Bonchev–Trinajstić information content (AvgIpc) is 2.41. The lowest BCUT2D eigenvalue weighted by Crippen LogP contribution is -2.49. The number of carbonyl (C=O) groups is 1. The number of aliphatic hydroxyl groups excluding tert-OH is 1. The van der Waals surface area contributed by atoms with Crippen LogP contribution in [-0.4, -0.2) is 35.6 Å². The van der Waals surface area contributed by atoms with Gasteiger partial charge in [-0.2, -0.15) is 0 Å². The van der Waals surface area contributed by atoms with Gasteiger partial charge in [0.15, 0.2) is 0 Å². The number of rotatable bonds is 1. The van der Waals surface area contributed by atoms with Crippen LogP contribution < -0.4 is 5.32 Å². The van der Waals surface area contributed by atoms with Crippen molar-refractivity contribution in [1.29, 1.82) is 0 Å². The predicted octanol–water partition coefficient (Wildman–Crippen LogP) is 1.30. The summed E-state index contributed by atoms with van der Waals surface area (Å²) in [6.45, 7) is 2.03. The van der Waals surface area contributed by atoms with Gasteiger partial charge < -0.3 is 15.3 Å². The van der Waals surface area contributed by atoms with Crippen LogP contribution in [0.3, 0.4) is 0 Å². The largest absolute Gasteiger partial charge is 0.392 e. The smallest absolute Gasteiger partial charge is 0.232 e. The number of carbonyl (C=O) groups excluding carboxylic acids is 1. The number of anilines is 1. The second-order valence-electron chi connectivity index (χ2n) is 5.40. The molecule has 0 bridgehead atoms. The SMILES string of the molecule is Cc1ccc2c(c1)CC1C(=O)N(C)C=C(CO)C1N2. The second-order valence-corrected chi connectivity index (χ2v) is 5.40. The summed E-state index contributed by atoms with van der Waals surface area (Å²) in [7, 11) is 1.75. The quantitative estimate of drug-likeness (QED) is 0.798. The van der Waals surface area contributed by atoms with E-state index in [2.05, 4.69) is 30.4 Å². The number of amides is 1. The Bertz CT molecular complexity index is 565. The van der Waals surface area contributed by atoms with Crippen LogP contribution in [0, 0.1) is 12.8 Å². The fourth-order valence-electron chi connectivity index (χ4n) is 3.03. The van der Waals surface area contributed by atoms with E-state index >= 15 is 0 Å². The highest BCUT2D eigenvalue weighted by Crippen LogP contribution is 2.35. The lowest BCUT2D eigenvalue weighted by Gasteiger charge is -2.40. The molecule has 0 aliphatic carbocycles. The highest BCUT2D eigenvalue weighted by Gasteiger charge is 2.39. The Hall–Kier alpha value is -1.81. The summed E-state index contributed by atoms with van der Waals surface area (Å²) in [5.41, 5.74) is 4.33. The first kappa shape index (κ1) is 12.2. The first-order valence-corrected chi connectivity index (χ1v) is 6.54. The van der Waals surface area contributed by atoms with E-state index in [9.17, 15) is 9.90 Å². The van der Waals surface area contributed by atoms with Crippen LogP contribution in [0.5, 0.6) is 0 Å². The highest BCUT2D eigenvalue weighted by molar-refractivity contribution is 5.84. The first-order chi connectivity index (χ1) is 9.10. The molecule has 0 spiro atoms. The van der Waals surface area contributed by atoms with Gasteiger partial charge in [0.2, 0.25) is 5.91 Å². The van der Waals surface area contributed by atoms with Crippen molar-refractivity contribution in [2.45, 2.75) is 19.4 Å². The summed E-state index contributed by atoms with van der Waals surface area (Å²) in [6.07, 6.45) is 2.48. The Morgan fingerprint density at radius 2 is 2.26 bits per heavy atom. The van der Waals surface area contributed by atoms with Crippen LogP contribution in [0.4, 0.5) is 5.69 Å². The Morgan fingerprint density at radius 3 is 3.00 bits per heavy atom. The van der Waals surface area contributed by atoms with E-state index in [0.717, 1.165) is 17.7 Å². The van der Waals surface area contributed by atoms with E-state index in [4.69, 9.17) is 0 Å². The number of hydrogen-bond donors (Lipinski definition) is 2. The topological polar surface area (TPSA) is 52.6 Å². The maximum atomic E-state index is 12.3. The van der Waals surface area contributed by atoms with Crippen molar-refractivity contribution in [2.75, 3.05) is 19.0 Å². The molecular formula is C15H18N2O2. The number of nitrogens with zero attached hydrogens (tertiary/aromatic N) is 1. The molecule has 0 aromatic heterocycles. The lowest BCUT2D eigenvalue weighted by atomic mass is 9.80. The molecule has 0 radical (unpaired) electrons. The number of aryl methyl sites for hydroxylation is 1. The van der Waals surface area contributed by atoms with E-state index in [0.29, 0.717) is 0 Å². The number of fused-ring (bicyclic) bond motifs is 2. The summed E-state index contributed by atoms with van der Waals surface area (Å²) < 4.78 is 0. The monoisotopic (exact) mass is 258 g/mol. The van der Waals surface area contributed by atoms with Gasteiger partial charge in [-0.3, -0.25) is 4.79 Å². The number of nitrogens with one attached hydrogen (secondary N) is 1. The molecule has 2 atom stereocenters. The van der Waals surface area contributed by atoms with Crippen molar-refractivity contribution in [3.63, 3.8) is 0 Å². The fraction of sp³-hybridized carbons (Fsp3) is 0.400. The molecule has 4 nitrogen and oxygen atoms in total. The predicted molar refractivity (Wildman–Crippen MR) is 73.7 cm³/mol. The van der Waals surface area contributed by atoms with Gasteiger partial charge in [0, 0.05) is 18.9 Å². The number of hydrogen-bond acceptors (Lipinski definition) is 3. The van der Waals surface area contributed by atoms with Gasteiger partial charge in [-0.05, 0) is 30.5 Å². The van der Waals surface area contributed by atoms with Gasteiger partial charge in [-0.15, -0.1) is 0 Å². The molecule has 1 aromatic rings. The zero-order valence-corrected chi connectivity index (χ0v) is 11.2. The van der Waals surface area contributed by atoms with Crippen molar-refractivity contribution in [2.24, 2.45) is 5.92 Å². The Morgan fingerprint density at radius 1 is 1.47 bits per heavy atom. The van der Waals surface area contributed by atoms with Gasteiger partial charge >= 0.3 is 0 Å². The molecule has 0 fully saturated rings. The van der Waals surface area contributed by atoms with E-state index in [-0.39, 0.29) is 24.5 Å². The minimum atomic E-state index is -0.119. The summed E-state index contributed by atoms with van der Waals surface area (Å²) in [5, 5.41) is 12.9. The summed E-state index contributed by atoms with van der Waals surface area (Å²) in [6, 6.07) is 6.16. The minimum absolute atomic E-state index is 0.0209. The third kappa shape index (κ3) is 1.92. The van der Waals surface area contributed by atoms with E-state index < -0.39 is 0 Å². The lowest BCUT2D eigenvalue weighted by molar-refractivity contribution is -0.133. The zero-order chi connectivity index (χ0) is 13.6. The minimum Gasteiger partial charge on any atom is -0.392 e. The summed E-state index contributed by atoms with van der Waals surface area (Å²) in [4.78, 5) is 13.9. The molecule has 2 aliphatic rings. The molecule has 2 heterocycles. The van der Waals surface area contributed by atoms with Crippen LogP contribution >= 0.6 is 0 Å². The number of aliphatic hydroxyl groups is 1. The number of benzene rings is 1. The molecule has 100 valence electrons. The van der Waals surface area contributed by atoms with Crippen molar-refractivity contribution in [1.82, 2.24) is 4.90 Å². The molecule has 3 rings (SSSR count). The van der Waals surface area contributed by atoms with Gasteiger partial charge in [-0.25, -0.2) is 0 Å². The normalized spacial score (nSPS) is 25.3. The summed E-state index contributed by atoms with van der Waals surface area (Å²) >= 11 is 0. The molecule has 4 heteroatoms. The van der Waals surface area contributed by atoms with Crippen molar-refractivity contribution in [3.8, 4) is 0 Å². The molecule has 19 heavy (non-hydrogen) atoms. The molecule has 2 N–H and O–H groups in total. The Labute approximate surface area is 112 Å². The molecule has 2 unspecified atom stereocenters. The molecule has 0 saturated heterocycles. The zero-order valence-electron chi connectivity index (χ0n) is 11.2. The maximum absolute atomic E-state index is 12.3. The maximum Gasteiger partial charge on any atom is 0.232 e. The van der Waals surface area contributed by atoms with E-state index in [1.54, 1.807) is 18.1 Å². The van der Waals surface area contributed by atoms with Crippen LogP contribution in [-0.2, 0) is 11.2 Å². The van der Waals surface area contributed by atoms with Crippen molar-refractivity contribution in [3.05, 3.63) is 41.1 Å². The first-order valence-electron chi connectivity index (χ1n) is 6.54. The highest BCUT2D eigenvalue weighted by atomic mass is 16.3. The van der Waals surface area contributed by atoms with Crippen LogP contribution in [0.25, 0.3) is 0 Å². The van der Waals surface area contributed by atoms with E-state index in [1.807, 2.05) is 0 Å². The van der Waals surface area contributed by atoms with Crippen molar-refractivity contribution >= 4 is 11.6 Å². The third-order valence-electron chi connectivity index (χ3n) is 4.02. The standard InChI is InChI=1S/C15H18N2O2/c1-9-3-4-13-10(5-9)6-12-14(16-13)11(8-18)7-17(2)15(12)19/h3-5,7,12,14,16,18H,6,8H2,1-2H3. The van der Waals surface area contributed by atoms with Crippen LogP contribution in [0.1, 0.15) is 11.1 Å². The average molecular weight is 258 g/mol. The fourth-order valence-corrected chi connectivity index (χ4v) is 3.03. The van der Waals surface area contributed by atoms with Gasteiger partial charge in [0.05, 0.1) is 18.6 Å². The molecule has 1 amide bonds. The second kappa shape index (κ2) is 4.38. The molecule has 1 aromatic carbocycles. The van der Waals surface area contributed by atoms with E-state index in [1.165, 1.54) is 11.1 Å². The van der Waals surface area contributed by atoms with Gasteiger partial charge in [0.1, 0.15) is 0 Å². The molecular weight excluding hydrogens is 240 g/mol. The third-order valence-corrected chi connectivity index (χ3v) is 4.02. The van der Waals surface area contributed by atoms with Gasteiger partial charge in [-0.1, -0.05) is 17.7 Å². The molecule has 2 aliphatic heterocycles. The van der Waals surface area contributed by atoms with Crippen molar-refractivity contribution < 1.29 is 9.90 Å².